The van der Waals surface area contributed by atoms with E-state index < -0.39 is 12.2 Å². The number of nitrogens with two attached hydrogens (primary N) is 1. The lowest BCUT2D eigenvalue weighted by Gasteiger charge is -2.28. The molecule has 3 aromatic rings. The number of benzene rings is 1. The molecule has 0 radical (unpaired) electrons. The third-order valence-electron chi connectivity index (χ3n) is 5.79. The van der Waals surface area contributed by atoms with E-state index in [0.29, 0.717) is 81.5 Å². The molecule has 2 aromatic heterocycles. The first-order valence-electron chi connectivity index (χ1n) is 11.1. The first-order chi connectivity index (χ1) is 16.5. The molecule has 2 N–H and O–H groups in total. The Bertz CT molecular complexity index is 1160. The molecule has 4 heterocycles. The normalized spacial score (nSPS) is 17.4. The van der Waals surface area contributed by atoms with Gasteiger partial charge in [0.05, 0.1) is 32.4 Å². The van der Waals surface area contributed by atoms with E-state index in [1.54, 1.807) is 12.1 Å². The molecule has 34 heavy (non-hydrogen) atoms. The minimum atomic E-state index is -2.88. The number of aromatic nitrogens is 5. The van der Waals surface area contributed by atoms with E-state index in [4.69, 9.17) is 19.9 Å². The Hall–Kier alpha value is -3.32. The van der Waals surface area contributed by atoms with Crippen molar-refractivity contribution in [2.75, 3.05) is 75.2 Å². The largest absolute Gasteiger partial charge is 0.494 e. The number of anilines is 3. The van der Waals surface area contributed by atoms with E-state index in [-0.39, 0.29) is 11.5 Å². The van der Waals surface area contributed by atoms with E-state index >= 15 is 0 Å². The highest BCUT2D eigenvalue weighted by atomic mass is 19.3. The van der Waals surface area contributed by atoms with Crippen LogP contribution >= 0.6 is 0 Å². The van der Waals surface area contributed by atoms with Gasteiger partial charge in [0.2, 0.25) is 17.8 Å². The number of imidazole rings is 1. The van der Waals surface area contributed by atoms with Crippen molar-refractivity contribution in [1.29, 1.82) is 0 Å². The van der Waals surface area contributed by atoms with Gasteiger partial charge in [-0.3, -0.25) is 4.57 Å². The lowest BCUT2D eigenvalue weighted by atomic mass is 10.2. The Morgan fingerprint density at radius 2 is 1.50 bits per heavy atom. The Labute approximate surface area is 194 Å². The molecule has 2 fully saturated rings. The summed E-state index contributed by atoms with van der Waals surface area (Å²) in [5, 5.41) is 0. The van der Waals surface area contributed by atoms with Gasteiger partial charge >= 0.3 is 0 Å². The van der Waals surface area contributed by atoms with E-state index in [1.165, 1.54) is 11.7 Å². The van der Waals surface area contributed by atoms with Crippen LogP contribution in [0, 0.1) is 0 Å². The average molecular weight is 476 g/mol. The molecule has 0 bridgehead atoms. The minimum absolute atomic E-state index is 0.0436. The molecule has 0 amide bonds. The van der Waals surface area contributed by atoms with Gasteiger partial charge in [0.15, 0.2) is 5.82 Å². The van der Waals surface area contributed by atoms with Gasteiger partial charge in [-0.25, -0.2) is 13.8 Å². The Morgan fingerprint density at radius 3 is 2.15 bits per heavy atom. The fraction of sp³-hybridized carbons (Fsp3) is 0.524. The number of nitrogens with zero attached hydrogens (tertiary/aromatic N) is 7. The Balaban J connectivity index is 1.71. The molecule has 0 atom stereocenters. The first-order valence-corrected chi connectivity index (χ1v) is 11.1. The maximum atomic E-state index is 14.2. The maximum Gasteiger partial charge on any atom is 0.296 e. The molecule has 11 nitrogen and oxygen atoms in total. The number of fused-ring (bicyclic) bond motifs is 1. The third-order valence-corrected chi connectivity index (χ3v) is 5.79. The Morgan fingerprint density at radius 1 is 0.882 bits per heavy atom. The number of hydrogen-bond donors (Lipinski definition) is 1. The monoisotopic (exact) mass is 476 g/mol. The molecule has 0 unspecified atom stereocenters. The van der Waals surface area contributed by atoms with Gasteiger partial charge < -0.3 is 29.7 Å². The summed E-state index contributed by atoms with van der Waals surface area (Å²) in [5.41, 5.74) is 6.97. The van der Waals surface area contributed by atoms with Crippen molar-refractivity contribution in [3.05, 3.63) is 18.0 Å². The van der Waals surface area contributed by atoms with Crippen molar-refractivity contribution in [2.45, 2.75) is 12.8 Å². The number of nitrogen functional groups attached to an aromatic ring is 1. The number of methoxy groups -OCH3 is 1. The van der Waals surface area contributed by atoms with Crippen LogP contribution in [0.25, 0.3) is 17.0 Å². The van der Waals surface area contributed by atoms with Crippen LogP contribution in [-0.2, 0) is 9.47 Å². The van der Waals surface area contributed by atoms with E-state index in [1.807, 2.05) is 9.80 Å². The van der Waals surface area contributed by atoms with Crippen molar-refractivity contribution >= 4 is 28.6 Å². The summed E-state index contributed by atoms with van der Waals surface area (Å²) >= 11 is 0. The van der Waals surface area contributed by atoms with Crippen molar-refractivity contribution in [3.63, 3.8) is 0 Å². The summed E-state index contributed by atoms with van der Waals surface area (Å²) in [7, 11) is 1.44. The van der Waals surface area contributed by atoms with Crippen molar-refractivity contribution in [2.24, 2.45) is 0 Å². The third kappa shape index (κ3) is 4.28. The van der Waals surface area contributed by atoms with Crippen LogP contribution < -0.4 is 20.3 Å². The van der Waals surface area contributed by atoms with Crippen LogP contribution in [0.2, 0.25) is 0 Å². The zero-order valence-corrected chi connectivity index (χ0v) is 18.8. The maximum absolute atomic E-state index is 14.2. The molecule has 13 heteroatoms. The van der Waals surface area contributed by atoms with Gasteiger partial charge in [0.1, 0.15) is 11.3 Å². The topological polar surface area (TPSA) is 117 Å². The fourth-order valence-corrected chi connectivity index (χ4v) is 4.13. The SMILES string of the molecule is COc1cc(N)cc2c1nc(C(F)F)n2-c1nc(N2CCCOCC2)nc(N2CCOCC2)n1. The van der Waals surface area contributed by atoms with Crippen LogP contribution in [0.4, 0.5) is 26.4 Å². The lowest BCUT2D eigenvalue weighted by molar-refractivity contribution is 0.122. The van der Waals surface area contributed by atoms with Gasteiger partial charge in [-0.15, -0.1) is 0 Å². The summed E-state index contributed by atoms with van der Waals surface area (Å²) in [6, 6.07) is 3.11. The number of morpholine rings is 1. The smallest absolute Gasteiger partial charge is 0.296 e. The van der Waals surface area contributed by atoms with Gasteiger partial charge in [0.25, 0.3) is 6.43 Å². The van der Waals surface area contributed by atoms with Crippen LogP contribution in [0.15, 0.2) is 12.1 Å². The number of rotatable bonds is 5. The molecule has 2 aliphatic heterocycles. The molecule has 2 aliphatic rings. The minimum Gasteiger partial charge on any atom is -0.494 e. The average Bonchev–Trinajstić information content (AvgIpc) is 3.03. The number of alkyl halides is 2. The van der Waals surface area contributed by atoms with Crippen LogP contribution in [-0.4, -0.2) is 84.2 Å². The lowest BCUT2D eigenvalue weighted by Crippen LogP contribution is -2.38. The van der Waals surface area contributed by atoms with E-state index in [0.717, 1.165) is 6.42 Å². The predicted octanol–water partition coefficient (Wildman–Crippen LogP) is 1.80. The molecule has 182 valence electrons. The first kappa shape index (κ1) is 22.5. The highest BCUT2D eigenvalue weighted by Gasteiger charge is 2.27. The molecular weight excluding hydrogens is 450 g/mol. The van der Waals surface area contributed by atoms with Crippen LogP contribution in [0.1, 0.15) is 18.7 Å². The molecule has 0 aliphatic carbocycles. The highest BCUT2D eigenvalue weighted by molar-refractivity contribution is 5.87. The summed E-state index contributed by atoms with van der Waals surface area (Å²) in [6.07, 6.45) is -2.07. The highest BCUT2D eigenvalue weighted by Crippen LogP contribution is 2.34. The summed E-state index contributed by atoms with van der Waals surface area (Å²) in [6.45, 7) is 4.65. The number of ether oxygens (including phenoxy) is 3. The standard InChI is InChI=1S/C21H26F2N8O3/c1-32-15-12-13(24)11-14-16(15)25-18(17(22)23)31(14)21-27-19(29-3-2-7-33-8-4-29)26-20(28-21)30-5-9-34-10-6-30/h11-12,17H,2-10,24H2,1H3. The van der Waals surface area contributed by atoms with Gasteiger partial charge in [-0.2, -0.15) is 15.0 Å². The molecule has 1 aromatic carbocycles. The van der Waals surface area contributed by atoms with E-state index in [2.05, 4.69) is 19.9 Å². The second kappa shape index (κ2) is 9.50. The fourth-order valence-electron chi connectivity index (χ4n) is 4.13. The van der Waals surface area contributed by atoms with Gasteiger partial charge in [-0.1, -0.05) is 0 Å². The summed E-state index contributed by atoms with van der Waals surface area (Å²) in [4.78, 5) is 22.0. The van der Waals surface area contributed by atoms with Crippen LogP contribution in [0.3, 0.4) is 0 Å². The molecule has 0 saturated carbocycles. The quantitative estimate of drug-likeness (QED) is 0.547. The van der Waals surface area contributed by atoms with Crippen molar-refractivity contribution in [3.8, 4) is 11.7 Å². The zero-order chi connectivity index (χ0) is 23.7. The Kier molecular flexibility index (Phi) is 6.28. The summed E-state index contributed by atoms with van der Waals surface area (Å²) < 4.78 is 45.9. The molecular formula is C21H26F2N8O3. The second-order valence-corrected chi connectivity index (χ2v) is 7.98. The predicted molar refractivity (Wildman–Crippen MR) is 121 cm³/mol. The number of hydrogen-bond acceptors (Lipinski definition) is 10. The van der Waals surface area contributed by atoms with Crippen LogP contribution in [0.5, 0.6) is 5.75 Å². The van der Waals surface area contributed by atoms with Gasteiger partial charge in [0, 0.05) is 44.5 Å². The number of halogens is 2. The molecule has 0 spiro atoms. The molecule has 5 rings (SSSR count). The van der Waals surface area contributed by atoms with Gasteiger partial charge in [-0.05, 0) is 12.5 Å². The molecule has 2 saturated heterocycles. The van der Waals surface area contributed by atoms with E-state index in [9.17, 15) is 8.78 Å². The summed E-state index contributed by atoms with van der Waals surface area (Å²) in [5.74, 6) is 0.634. The second-order valence-electron chi connectivity index (χ2n) is 7.98. The van der Waals surface area contributed by atoms with Crippen molar-refractivity contribution in [1.82, 2.24) is 24.5 Å². The van der Waals surface area contributed by atoms with Crippen molar-refractivity contribution < 1.29 is 23.0 Å². The zero-order valence-electron chi connectivity index (χ0n) is 18.8.